The van der Waals surface area contributed by atoms with Crippen LogP contribution in [0.4, 0.5) is 0 Å². The van der Waals surface area contributed by atoms with Crippen LogP contribution in [0.25, 0.3) is 0 Å². The zero-order valence-corrected chi connectivity index (χ0v) is 12.5. The third-order valence-corrected chi connectivity index (χ3v) is 5.02. The number of likely N-dealkylation sites (tertiary alicyclic amines) is 1. The first-order chi connectivity index (χ1) is 10.3. The lowest BCUT2D eigenvalue weighted by Crippen LogP contribution is -2.39. The largest absolute Gasteiger partial charge is 0.335 e. The summed E-state index contributed by atoms with van der Waals surface area (Å²) < 4.78 is 0. The van der Waals surface area contributed by atoms with Crippen molar-refractivity contribution in [1.29, 1.82) is 0 Å². The SMILES string of the molecule is O=C(c1ccc[nH]c1=O)N1CCCC1CC1CCCCC1. The highest BCUT2D eigenvalue weighted by Crippen LogP contribution is 2.32. The first-order valence-electron chi connectivity index (χ1n) is 8.24. The maximum atomic E-state index is 12.6. The van der Waals surface area contributed by atoms with E-state index in [9.17, 15) is 9.59 Å². The number of rotatable bonds is 3. The number of nitrogens with zero attached hydrogens (tertiary/aromatic N) is 1. The fourth-order valence-electron chi connectivity index (χ4n) is 3.90. The van der Waals surface area contributed by atoms with Crippen LogP contribution in [0.3, 0.4) is 0 Å². The van der Waals surface area contributed by atoms with E-state index in [4.69, 9.17) is 0 Å². The number of aromatic amines is 1. The molecule has 1 N–H and O–H groups in total. The summed E-state index contributed by atoms with van der Waals surface area (Å²) in [4.78, 5) is 29.0. The Balaban J connectivity index is 1.70. The highest BCUT2D eigenvalue weighted by molar-refractivity contribution is 5.94. The topological polar surface area (TPSA) is 53.2 Å². The minimum Gasteiger partial charge on any atom is -0.335 e. The van der Waals surface area contributed by atoms with Gasteiger partial charge in [-0.05, 0) is 37.3 Å². The number of amides is 1. The lowest BCUT2D eigenvalue weighted by atomic mass is 9.84. The Morgan fingerprint density at radius 2 is 2.00 bits per heavy atom. The summed E-state index contributed by atoms with van der Waals surface area (Å²) in [5.41, 5.74) is 0.0128. The molecule has 0 aromatic carbocycles. The van der Waals surface area contributed by atoms with Crippen LogP contribution in [0.2, 0.25) is 0 Å². The number of hydrogen-bond donors (Lipinski definition) is 1. The molecule has 1 aromatic heterocycles. The van der Waals surface area contributed by atoms with E-state index in [1.54, 1.807) is 18.3 Å². The molecule has 0 spiro atoms. The third-order valence-electron chi connectivity index (χ3n) is 5.02. The van der Waals surface area contributed by atoms with E-state index in [1.807, 2.05) is 4.90 Å². The van der Waals surface area contributed by atoms with Crippen molar-refractivity contribution in [2.45, 2.75) is 57.4 Å². The Morgan fingerprint density at radius 1 is 1.19 bits per heavy atom. The van der Waals surface area contributed by atoms with Gasteiger partial charge in [0.25, 0.3) is 11.5 Å². The van der Waals surface area contributed by atoms with Crippen LogP contribution in [0.1, 0.15) is 61.7 Å². The Kier molecular flexibility index (Phi) is 4.42. The van der Waals surface area contributed by atoms with Gasteiger partial charge in [0, 0.05) is 18.8 Å². The molecule has 114 valence electrons. The zero-order valence-electron chi connectivity index (χ0n) is 12.5. The fraction of sp³-hybridized carbons (Fsp3) is 0.647. The average molecular weight is 288 g/mol. The number of carbonyl (C=O) groups excluding carboxylic acids is 1. The van der Waals surface area contributed by atoms with E-state index in [-0.39, 0.29) is 17.0 Å². The summed E-state index contributed by atoms with van der Waals surface area (Å²) in [6, 6.07) is 3.69. The minimum absolute atomic E-state index is 0.0878. The summed E-state index contributed by atoms with van der Waals surface area (Å²) in [7, 11) is 0. The Bertz CT molecular complexity index is 546. The quantitative estimate of drug-likeness (QED) is 0.929. The summed E-state index contributed by atoms with van der Waals surface area (Å²) in [5, 5.41) is 0. The van der Waals surface area contributed by atoms with E-state index in [0.29, 0.717) is 6.04 Å². The van der Waals surface area contributed by atoms with Gasteiger partial charge >= 0.3 is 0 Å². The van der Waals surface area contributed by atoms with Gasteiger partial charge in [-0.25, -0.2) is 0 Å². The van der Waals surface area contributed by atoms with Crippen LogP contribution < -0.4 is 5.56 Å². The minimum atomic E-state index is -0.272. The molecule has 21 heavy (non-hydrogen) atoms. The third kappa shape index (κ3) is 3.20. The Hall–Kier alpha value is -1.58. The molecule has 1 atom stereocenters. The molecule has 1 unspecified atom stereocenters. The lowest BCUT2D eigenvalue weighted by molar-refractivity contribution is 0.0709. The number of H-pyrrole nitrogens is 1. The summed E-state index contributed by atoms with van der Waals surface area (Å²) in [6.07, 6.45) is 11.5. The predicted molar refractivity (Wildman–Crippen MR) is 82.3 cm³/mol. The maximum Gasteiger partial charge on any atom is 0.260 e. The number of pyridine rings is 1. The van der Waals surface area contributed by atoms with Crippen LogP contribution >= 0.6 is 0 Å². The molecule has 1 aromatic rings. The highest BCUT2D eigenvalue weighted by Gasteiger charge is 2.32. The molecule has 1 aliphatic heterocycles. The Labute approximate surface area is 125 Å². The van der Waals surface area contributed by atoms with Gasteiger partial charge in [0.1, 0.15) is 5.56 Å². The van der Waals surface area contributed by atoms with E-state index in [1.165, 1.54) is 32.1 Å². The first kappa shape index (κ1) is 14.4. The highest BCUT2D eigenvalue weighted by atomic mass is 16.2. The lowest BCUT2D eigenvalue weighted by Gasteiger charge is -2.30. The van der Waals surface area contributed by atoms with Gasteiger partial charge in [0.05, 0.1) is 0 Å². The van der Waals surface area contributed by atoms with Crippen molar-refractivity contribution in [2.75, 3.05) is 6.54 Å². The van der Waals surface area contributed by atoms with Crippen LogP contribution in [-0.2, 0) is 0 Å². The fourth-order valence-corrected chi connectivity index (χ4v) is 3.90. The molecule has 4 heteroatoms. The van der Waals surface area contributed by atoms with E-state index >= 15 is 0 Å². The van der Waals surface area contributed by atoms with Gasteiger partial charge in [0.15, 0.2) is 0 Å². The molecule has 0 radical (unpaired) electrons. The van der Waals surface area contributed by atoms with Gasteiger partial charge in [0.2, 0.25) is 0 Å². The zero-order chi connectivity index (χ0) is 14.7. The molecular weight excluding hydrogens is 264 g/mol. The van der Waals surface area contributed by atoms with Crippen molar-refractivity contribution in [3.8, 4) is 0 Å². The molecule has 2 fully saturated rings. The van der Waals surface area contributed by atoms with Gasteiger partial charge in [-0.1, -0.05) is 32.1 Å². The molecule has 3 rings (SSSR count). The van der Waals surface area contributed by atoms with Crippen molar-refractivity contribution in [1.82, 2.24) is 9.88 Å². The van der Waals surface area contributed by atoms with Gasteiger partial charge < -0.3 is 9.88 Å². The second kappa shape index (κ2) is 6.46. The molecule has 1 amide bonds. The van der Waals surface area contributed by atoms with Crippen LogP contribution in [0.15, 0.2) is 23.1 Å². The Morgan fingerprint density at radius 3 is 2.76 bits per heavy atom. The standard InChI is InChI=1S/C17H24N2O2/c20-16-15(9-4-10-18-16)17(21)19-11-5-8-14(19)12-13-6-2-1-3-7-13/h4,9-10,13-14H,1-3,5-8,11-12H2,(H,18,20). The van der Waals surface area contributed by atoms with Crippen molar-refractivity contribution >= 4 is 5.91 Å². The van der Waals surface area contributed by atoms with Crippen LogP contribution in [-0.4, -0.2) is 28.4 Å². The summed E-state index contributed by atoms with van der Waals surface area (Å²) in [6.45, 7) is 0.796. The first-order valence-corrected chi connectivity index (χ1v) is 8.24. The van der Waals surface area contributed by atoms with E-state index in [0.717, 1.165) is 31.7 Å². The van der Waals surface area contributed by atoms with E-state index < -0.39 is 0 Å². The van der Waals surface area contributed by atoms with E-state index in [2.05, 4.69) is 4.98 Å². The molecule has 2 aliphatic rings. The van der Waals surface area contributed by atoms with Crippen molar-refractivity contribution in [2.24, 2.45) is 5.92 Å². The normalized spacial score (nSPS) is 23.4. The number of aromatic nitrogens is 1. The molecule has 0 bridgehead atoms. The number of hydrogen-bond acceptors (Lipinski definition) is 2. The van der Waals surface area contributed by atoms with Crippen molar-refractivity contribution < 1.29 is 4.79 Å². The number of nitrogens with one attached hydrogen (secondary N) is 1. The molecule has 1 aliphatic carbocycles. The second-order valence-corrected chi connectivity index (χ2v) is 6.45. The molecule has 2 heterocycles. The molecule has 4 nitrogen and oxygen atoms in total. The second-order valence-electron chi connectivity index (χ2n) is 6.45. The molecular formula is C17H24N2O2. The summed E-state index contributed by atoms with van der Waals surface area (Å²) in [5.74, 6) is 0.682. The van der Waals surface area contributed by atoms with Crippen molar-refractivity contribution in [3.05, 3.63) is 34.2 Å². The molecule has 1 saturated heterocycles. The van der Waals surface area contributed by atoms with Crippen LogP contribution in [0.5, 0.6) is 0 Å². The predicted octanol–water partition coefficient (Wildman–Crippen LogP) is 2.95. The van der Waals surface area contributed by atoms with Gasteiger partial charge in [-0.2, -0.15) is 0 Å². The molecule has 1 saturated carbocycles. The van der Waals surface area contributed by atoms with Gasteiger partial charge in [-0.3, -0.25) is 9.59 Å². The average Bonchev–Trinajstić information content (AvgIpc) is 2.96. The monoisotopic (exact) mass is 288 g/mol. The van der Waals surface area contributed by atoms with Crippen LogP contribution in [0, 0.1) is 5.92 Å². The van der Waals surface area contributed by atoms with Crippen molar-refractivity contribution in [3.63, 3.8) is 0 Å². The maximum absolute atomic E-state index is 12.6. The number of carbonyl (C=O) groups is 1. The van der Waals surface area contributed by atoms with Gasteiger partial charge in [-0.15, -0.1) is 0 Å². The smallest absolute Gasteiger partial charge is 0.260 e. The summed E-state index contributed by atoms with van der Waals surface area (Å²) >= 11 is 0.